The molecular formula is C27H57N6OP. The fourth-order valence-electron chi connectivity index (χ4n) is 8.12. The molecule has 0 spiro atoms. The maximum absolute atomic E-state index is 14.9. The molecule has 3 heterocycles. The summed E-state index contributed by atoms with van der Waals surface area (Å²) in [5.74, 6) is 0. The van der Waals surface area contributed by atoms with Gasteiger partial charge in [-0.15, -0.1) is 0 Å². The molecule has 6 N–H and O–H groups in total. The molecule has 3 aliphatic rings. The van der Waals surface area contributed by atoms with Crippen LogP contribution in [-0.4, -0.2) is 51.4 Å². The Kier molecular flexibility index (Phi) is 7.87. The molecule has 7 nitrogen and oxygen atoms in total. The zero-order valence-corrected chi connectivity index (χ0v) is 25.7. The van der Waals surface area contributed by atoms with E-state index < -0.39 is 7.59 Å². The minimum Gasteiger partial charge on any atom is -0.307 e. The molecule has 0 bridgehead atoms. The molecule has 0 atom stereocenters. The van der Waals surface area contributed by atoms with Crippen molar-refractivity contribution in [3.05, 3.63) is 0 Å². The second-order valence-corrected chi connectivity index (χ2v) is 18.0. The summed E-state index contributed by atoms with van der Waals surface area (Å²) >= 11 is 0. The zero-order chi connectivity index (χ0) is 26.7. The molecule has 3 aliphatic heterocycles. The summed E-state index contributed by atoms with van der Waals surface area (Å²) in [6.07, 6.45) is 5.64. The van der Waals surface area contributed by atoms with Crippen LogP contribution in [0.15, 0.2) is 0 Å². The van der Waals surface area contributed by atoms with Crippen LogP contribution in [-0.2, 0) is 4.57 Å². The van der Waals surface area contributed by atoms with Crippen LogP contribution in [0.25, 0.3) is 0 Å². The minimum atomic E-state index is -3.10. The molecule has 0 aliphatic carbocycles. The number of piperidine rings is 3. The highest BCUT2D eigenvalue weighted by Gasteiger charge is 2.46. The molecule has 3 rings (SSSR count). The average Bonchev–Trinajstić information content (AvgIpc) is 2.43. The molecule has 206 valence electrons. The van der Waals surface area contributed by atoms with Gasteiger partial charge in [-0.2, -0.15) is 0 Å². The Balaban J connectivity index is 1.87. The van der Waals surface area contributed by atoms with Crippen LogP contribution in [0.3, 0.4) is 0 Å². The SMILES string of the molecule is CC1(C)CC(NP(=O)(NC2CC(C)(C)NC(C)(C)C2)NC2CC(C)(C)NC(C)(C)C2)CC(C)(C)N1. The van der Waals surface area contributed by atoms with Gasteiger partial charge in [-0.3, -0.25) is 4.57 Å². The van der Waals surface area contributed by atoms with Gasteiger partial charge in [0.15, 0.2) is 0 Å². The van der Waals surface area contributed by atoms with E-state index in [-0.39, 0.29) is 51.4 Å². The largest absolute Gasteiger partial charge is 0.307 e. The van der Waals surface area contributed by atoms with Gasteiger partial charge in [0.25, 0.3) is 7.59 Å². The lowest BCUT2D eigenvalue weighted by Gasteiger charge is -2.50. The number of rotatable bonds is 6. The van der Waals surface area contributed by atoms with E-state index in [1.54, 1.807) is 0 Å². The van der Waals surface area contributed by atoms with Crippen LogP contribution < -0.4 is 31.2 Å². The Hall–Kier alpha value is -0.0100. The Morgan fingerprint density at radius 2 is 0.629 bits per heavy atom. The van der Waals surface area contributed by atoms with Gasteiger partial charge in [0.1, 0.15) is 0 Å². The first-order valence-electron chi connectivity index (χ1n) is 13.8. The molecule has 8 heteroatoms. The summed E-state index contributed by atoms with van der Waals surface area (Å²) in [5.41, 5.74) is -0.0730. The number of hydrogen-bond acceptors (Lipinski definition) is 4. The van der Waals surface area contributed by atoms with Crippen molar-refractivity contribution in [2.45, 2.75) is 173 Å². The molecule has 0 aromatic heterocycles. The van der Waals surface area contributed by atoms with Gasteiger partial charge in [-0.05, 0) is 122 Å². The average molecular weight is 513 g/mol. The normalized spacial score (nSPS) is 30.7. The molecule has 0 unspecified atom stereocenters. The number of nitrogens with one attached hydrogen (secondary N) is 6. The molecular weight excluding hydrogens is 455 g/mol. The third kappa shape index (κ3) is 8.77. The van der Waals surface area contributed by atoms with E-state index in [2.05, 4.69) is 114 Å². The van der Waals surface area contributed by atoms with E-state index in [9.17, 15) is 4.57 Å². The summed E-state index contributed by atoms with van der Waals surface area (Å²) in [6, 6.07) is 0.493. The van der Waals surface area contributed by atoms with E-state index in [1.807, 2.05) is 0 Å². The van der Waals surface area contributed by atoms with Crippen molar-refractivity contribution in [2.75, 3.05) is 0 Å². The molecule has 0 amide bonds. The first-order chi connectivity index (χ1) is 15.5. The Bertz CT molecular complexity index is 666. The second kappa shape index (κ2) is 9.32. The van der Waals surface area contributed by atoms with E-state index >= 15 is 0 Å². The van der Waals surface area contributed by atoms with E-state index in [0.29, 0.717) is 0 Å². The van der Waals surface area contributed by atoms with Gasteiger partial charge >= 0.3 is 0 Å². The Labute approximate surface area is 216 Å². The maximum Gasteiger partial charge on any atom is 0.279 e. The summed E-state index contributed by atoms with van der Waals surface area (Å²) in [7, 11) is -3.10. The molecule has 0 radical (unpaired) electrons. The standard InChI is InChI=1S/C27H57N6OP/c1-22(2)13-19(14-23(3,4)31-22)28-35(34,29-20-15-24(5,6)32-25(7,8)16-20)30-21-17-26(9,10)33-27(11,12)18-21/h19-21,31-33H,13-18H2,1-12H3,(H3,28,29,30,34). The van der Waals surface area contributed by atoms with Crippen molar-refractivity contribution < 1.29 is 4.57 Å². The van der Waals surface area contributed by atoms with Gasteiger partial charge in [-0.1, -0.05) is 0 Å². The van der Waals surface area contributed by atoms with E-state index in [1.165, 1.54) is 0 Å². The lowest BCUT2D eigenvalue weighted by molar-refractivity contribution is 0.146. The maximum atomic E-state index is 14.9. The zero-order valence-electron chi connectivity index (χ0n) is 24.8. The first-order valence-corrected chi connectivity index (χ1v) is 15.5. The minimum absolute atomic E-state index is 0.0122. The molecule has 35 heavy (non-hydrogen) atoms. The summed E-state index contributed by atoms with van der Waals surface area (Å²) < 4.78 is 14.9. The first kappa shape index (κ1) is 29.5. The van der Waals surface area contributed by atoms with Gasteiger partial charge < -0.3 is 16.0 Å². The van der Waals surface area contributed by atoms with E-state index in [0.717, 1.165) is 38.5 Å². The van der Waals surface area contributed by atoms with Gasteiger partial charge in [0.2, 0.25) is 0 Å². The highest BCUT2D eigenvalue weighted by molar-refractivity contribution is 7.57. The molecule has 0 aromatic carbocycles. The van der Waals surface area contributed by atoms with Gasteiger partial charge in [0.05, 0.1) is 0 Å². The Morgan fingerprint density at radius 3 is 0.800 bits per heavy atom. The highest BCUT2D eigenvalue weighted by Crippen LogP contribution is 2.43. The molecule has 0 aromatic rings. The van der Waals surface area contributed by atoms with Gasteiger partial charge in [0, 0.05) is 51.4 Å². The Morgan fingerprint density at radius 1 is 0.457 bits per heavy atom. The molecule has 3 saturated heterocycles. The monoisotopic (exact) mass is 512 g/mol. The van der Waals surface area contributed by atoms with E-state index in [4.69, 9.17) is 0 Å². The topological polar surface area (TPSA) is 89.2 Å². The van der Waals surface area contributed by atoms with Crippen molar-refractivity contribution in [3.63, 3.8) is 0 Å². The number of hydrogen-bond donors (Lipinski definition) is 6. The fourth-order valence-corrected chi connectivity index (χ4v) is 10.4. The van der Waals surface area contributed by atoms with Crippen molar-refractivity contribution >= 4 is 7.59 Å². The lowest BCUT2D eigenvalue weighted by atomic mass is 9.80. The third-order valence-corrected chi connectivity index (χ3v) is 9.85. The highest BCUT2D eigenvalue weighted by atomic mass is 31.2. The quantitative estimate of drug-likeness (QED) is 0.285. The second-order valence-electron chi connectivity index (χ2n) is 16.0. The summed E-state index contributed by atoms with van der Waals surface area (Å²) in [6.45, 7) is 27.0. The smallest absolute Gasteiger partial charge is 0.279 e. The lowest BCUT2D eigenvalue weighted by Crippen LogP contribution is -2.65. The third-order valence-electron chi connectivity index (χ3n) is 7.66. The van der Waals surface area contributed by atoms with Crippen LogP contribution in [0.4, 0.5) is 0 Å². The predicted molar refractivity (Wildman–Crippen MR) is 150 cm³/mol. The van der Waals surface area contributed by atoms with Crippen molar-refractivity contribution in [3.8, 4) is 0 Å². The van der Waals surface area contributed by atoms with Crippen LogP contribution in [0.1, 0.15) is 122 Å². The van der Waals surface area contributed by atoms with Crippen LogP contribution in [0, 0.1) is 0 Å². The van der Waals surface area contributed by atoms with Crippen LogP contribution in [0.2, 0.25) is 0 Å². The van der Waals surface area contributed by atoms with Crippen molar-refractivity contribution in [1.29, 1.82) is 0 Å². The molecule has 0 saturated carbocycles. The van der Waals surface area contributed by atoms with Gasteiger partial charge in [-0.25, -0.2) is 15.3 Å². The fraction of sp³-hybridized carbons (Fsp3) is 1.00. The predicted octanol–water partition coefficient (Wildman–Crippen LogP) is 4.79. The van der Waals surface area contributed by atoms with Crippen LogP contribution >= 0.6 is 7.59 Å². The van der Waals surface area contributed by atoms with Crippen molar-refractivity contribution in [1.82, 2.24) is 31.2 Å². The summed E-state index contributed by atoms with van der Waals surface area (Å²) in [5, 5.41) is 22.4. The van der Waals surface area contributed by atoms with Crippen LogP contribution in [0.5, 0.6) is 0 Å². The molecule has 3 fully saturated rings. The van der Waals surface area contributed by atoms with Crippen molar-refractivity contribution in [2.24, 2.45) is 0 Å². The summed E-state index contributed by atoms with van der Waals surface area (Å²) in [4.78, 5) is 0.